The third-order valence-electron chi connectivity index (χ3n) is 2.25. The molecular weight excluding hydrogens is 362 g/mol. The van der Waals surface area contributed by atoms with Gasteiger partial charge in [-0.1, -0.05) is 0 Å². The van der Waals surface area contributed by atoms with Crippen LogP contribution >= 0.6 is 31.9 Å². The van der Waals surface area contributed by atoms with Crippen LogP contribution in [0.5, 0.6) is 0 Å². The molecule has 6 heteroatoms. The average molecular weight is 371 g/mol. The maximum Gasteiger partial charge on any atom is 0.276 e. The number of hydrogen-bond donors (Lipinski definition) is 1. The molecule has 0 bridgehead atoms. The molecule has 2 rings (SSSR count). The van der Waals surface area contributed by atoms with Crippen molar-refractivity contribution in [2.24, 2.45) is 0 Å². The van der Waals surface area contributed by atoms with Crippen molar-refractivity contribution in [2.75, 3.05) is 5.32 Å². The monoisotopic (exact) mass is 369 g/mol. The smallest absolute Gasteiger partial charge is 0.276 e. The predicted octanol–water partition coefficient (Wildman–Crippen LogP) is 3.56. The van der Waals surface area contributed by atoms with Gasteiger partial charge < -0.3 is 5.32 Å². The standard InChI is InChI=1S/C12H9Br2N3O/c1-7-5-8(13)6-16-11(7)17-12(18)10-9(14)3-2-4-15-10/h2-6H,1H3,(H,16,17,18). The van der Waals surface area contributed by atoms with Gasteiger partial charge >= 0.3 is 0 Å². The molecule has 0 radical (unpaired) electrons. The van der Waals surface area contributed by atoms with E-state index in [0.717, 1.165) is 10.0 Å². The van der Waals surface area contributed by atoms with Gasteiger partial charge in [0.15, 0.2) is 0 Å². The van der Waals surface area contributed by atoms with Crippen LogP contribution in [0, 0.1) is 6.92 Å². The van der Waals surface area contributed by atoms with Crippen LogP contribution in [0.4, 0.5) is 5.82 Å². The van der Waals surface area contributed by atoms with Crippen LogP contribution in [0.3, 0.4) is 0 Å². The molecule has 1 N–H and O–H groups in total. The van der Waals surface area contributed by atoms with E-state index in [-0.39, 0.29) is 5.91 Å². The molecule has 0 unspecified atom stereocenters. The number of nitrogens with one attached hydrogen (secondary N) is 1. The third kappa shape index (κ3) is 2.94. The van der Waals surface area contributed by atoms with E-state index in [0.29, 0.717) is 16.0 Å². The fourth-order valence-electron chi connectivity index (χ4n) is 1.39. The molecule has 18 heavy (non-hydrogen) atoms. The largest absolute Gasteiger partial charge is 0.305 e. The molecule has 0 atom stereocenters. The van der Waals surface area contributed by atoms with Crippen LogP contribution in [0.25, 0.3) is 0 Å². The Kier molecular flexibility index (Phi) is 4.08. The summed E-state index contributed by atoms with van der Waals surface area (Å²) < 4.78 is 1.52. The summed E-state index contributed by atoms with van der Waals surface area (Å²) in [7, 11) is 0. The first-order valence-corrected chi connectivity index (χ1v) is 6.70. The molecule has 0 aliphatic carbocycles. The Hall–Kier alpha value is -1.27. The van der Waals surface area contributed by atoms with E-state index < -0.39 is 0 Å². The van der Waals surface area contributed by atoms with Gasteiger partial charge in [0, 0.05) is 21.3 Å². The minimum Gasteiger partial charge on any atom is -0.305 e. The minimum absolute atomic E-state index is 0.291. The summed E-state index contributed by atoms with van der Waals surface area (Å²) in [5.41, 5.74) is 1.21. The van der Waals surface area contributed by atoms with E-state index in [1.807, 2.05) is 13.0 Å². The number of carbonyl (C=O) groups is 1. The maximum atomic E-state index is 12.0. The van der Waals surface area contributed by atoms with Crippen molar-refractivity contribution in [2.45, 2.75) is 6.92 Å². The number of aromatic nitrogens is 2. The van der Waals surface area contributed by atoms with Crippen LogP contribution in [0.15, 0.2) is 39.5 Å². The number of amides is 1. The molecule has 1 amide bonds. The van der Waals surface area contributed by atoms with Crippen molar-refractivity contribution < 1.29 is 4.79 Å². The van der Waals surface area contributed by atoms with Gasteiger partial charge in [-0.25, -0.2) is 9.97 Å². The number of aryl methyl sites for hydroxylation is 1. The lowest BCUT2D eigenvalue weighted by Gasteiger charge is -2.07. The molecule has 4 nitrogen and oxygen atoms in total. The summed E-state index contributed by atoms with van der Waals surface area (Å²) in [4.78, 5) is 20.2. The molecule has 2 aromatic rings. The van der Waals surface area contributed by atoms with Crippen molar-refractivity contribution in [1.29, 1.82) is 0 Å². The summed E-state index contributed by atoms with van der Waals surface area (Å²) in [5.74, 6) is 0.237. The minimum atomic E-state index is -0.291. The zero-order valence-electron chi connectivity index (χ0n) is 9.45. The lowest BCUT2D eigenvalue weighted by atomic mass is 10.3. The Morgan fingerprint density at radius 2 is 2.11 bits per heavy atom. The van der Waals surface area contributed by atoms with Gasteiger partial charge in [0.25, 0.3) is 5.91 Å². The molecule has 2 heterocycles. The number of nitrogens with zero attached hydrogens (tertiary/aromatic N) is 2. The highest BCUT2D eigenvalue weighted by molar-refractivity contribution is 9.10. The number of halogens is 2. The molecule has 92 valence electrons. The van der Waals surface area contributed by atoms with Crippen LogP contribution in [-0.4, -0.2) is 15.9 Å². The Labute approximate surface area is 121 Å². The van der Waals surface area contributed by atoms with Gasteiger partial charge in [-0.2, -0.15) is 0 Å². The highest BCUT2D eigenvalue weighted by atomic mass is 79.9. The molecule has 0 aromatic carbocycles. The summed E-state index contributed by atoms with van der Waals surface area (Å²) in [5, 5.41) is 2.73. The molecular formula is C12H9Br2N3O. The normalized spacial score (nSPS) is 10.2. The molecule has 0 saturated carbocycles. The SMILES string of the molecule is Cc1cc(Br)cnc1NC(=O)c1ncccc1Br. The first-order chi connectivity index (χ1) is 8.58. The second kappa shape index (κ2) is 5.58. The van der Waals surface area contributed by atoms with Gasteiger partial charge in [0.2, 0.25) is 0 Å². The van der Waals surface area contributed by atoms with Crippen LogP contribution < -0.4 is 5.32 Å². The van der Waals surface area contributed by atoms with Crippen molar-refractivity contribution in [1.82, 2.24) is 9.97 Å². The molecule has 0 spiro atoms. The van der Waals surface area contributed by atoms with Crippen molar-refractivity contribution in [3.63, 3.8) is 0 Å². The summed E-state index contributed by atoms with van der Waals surface area (Å²) in [6.45, 7) is 1.88. The van der Waals surface area contributed by atoms with Crippen molar-refractivity contribution in [3.8, 4) is 0 Å². The van der Waals surface area contributed by atoms with E-state index in [1.165, 1.54) is 0 Å². The van der Waals surface area contributed by atoms with Crippen molar-refractivity contribution in [3.05, 3.63) is 50.8 Å². The van der Waals surface area contributed by atoms with E-state index in [2.05, 4.69) is 47.1 Å². The molecule has 0 aliphatic heterocycles. The molecule has 2 aromatic heterocycles. The second-order valence-electron chi connectivity index (χ2n) is 3.61. The van der Waals surface area contributed by atoms with E-state index >= 15 is 0 Å². The maximum absolute atomic E-state index is 12.0. The van der Waals surface area contributed by atoms with Gasteiger partial charge in [-0.3, -0.25) is 4.79 Å². The topological polar surface area (TPSA) is 54.9 Å². The Morgan fingerprint density at radius 3 is 2.78 bits per heavy atom. The predicted molar refractivity (Wildman–Crippen MR) is 76.6 cm³/mol. The molecule has 0 fully saturated rings. The third-order valence-corrected chi connectivity index (χ3v) is 3.32. The lowest BCUT2D eigenvalue weighted by Crippen LogP contribution is -2.16. The summed E-state index contributed by atoms with van der Waals surface area (Å²) in [6, 6.07) is 5.41. The fraction of sp³-hybridized carbons (Fsp3) is 0.0833. The molecule has 0 aliphatic rings. The number of carbonyl (C=O) groups excluding carboxylic acids is 1. The zero-order valence-corrected chi connectivity index (χ0v) is 12.6. The van der Waals surface area contributed by atoms with E-state index in [9.17, 15) is 4.79 Å². The molecule has 0 saturated heterocycles. The number of anilines is 1. The van der Waals surface area contributed by atoms with Crippen molar-refractivity contribution >= 4 is 43.6 Å². The number of rotatable bonds is 2. The lowest BCUT2D eigenvalue weighted by molar-refractivity contribution is 0.102. The Balaban J connectivity index is 2.24. The van der Waals surface area contributed by atoms with Crippen LogP contribution in [-0.2, 0) is 0 Å². The summed E-state index contributed by atoms with van der Waals surface area (Å²) >= 11 is 6.61. The number of pyridine rings is 2. The Bertz CT molecular complexity index is 602. The number of hydrogen-bond acceptors (Lipinski definition) is 3. The van der Waals surface area contributed by atoms with Crippen LogP contribution in [0.2, 0.25) is 0 Å². The van der Waals surface area contributed by atoms with Gasteiger partial charge in [0.05, 0.1) is 0 Å². The van der Waals surface area contributed by atoms with Crippen LogP contribution in [0.1, 0.15) is 16.1 Å². The first kappa shape index (κ1) is 13.2. The zero-order chi connectivity index (χ0) is 13.1. The summed E-state index contributed by atoms with van der Waals surface area (Å²) in [6.07, 6.45) is 3.21. The van der Waals surface area contributed by atoms with Gasteiger partial charge in [0.1, 0.15) is 11.5 Å². The quantitative estimate of drug-likeness (QED) is 0.879. The highest BCUT2D eigenvalue weighted by Gasteiger charge is 2.13. The fourth-order valence-corrected chi connectivity index (χ4v) is 2.27. The first-order valence-electron chi connectivity index (χ1n) is 5.12. The average Bonchev–Trinajstić information content (AvgIpc) is 2.33. The van der Waals surface area contributed by atoms with Gasteiger partial charge in [-0.15, -0.1) is 0 Å². The Morgan fingerprint density at radius 1 is 1.33 bits per heavy atom. The van der Waals surface area contributed by atoms with E-state index in [4.69, 9.17) is 0 Å². The van der Waals surface area contributed by atoms with Gasteiger partial charge in [-0.05, 0) is 62.5 Å². The highest BCUT2D eigenvalue weighted by Crippen LogP contribution is 2.19. The second-order valence-corrected chi connectivity index (χ2v) is 5.38. The van der Waals surface area contributed by atoms with E-state index in [1.54, 1.807) is 24.5 Å².